The third-order valence-corrected chi connectivity index (χ3v) is 4.16. The minimum atomic E-state index is -0.0891. The van der Waals surface area contributed by atoms with Crippen molar-refractivity contribution in [2.45, 2.75) is 12.3 Å². The molecular weight excluding hydrogens is 250 g/mol. The molecule has 0 spiro atoms. The fourth-order valence-corrected chi connectivity index (χ4v) is 2.98. The van der Waals surface area contributed by atoms with E-state index >= 15 is 0 Å². The summed E-state index contributed by atoms with van der Waals surface area (Å²) in [5, 5.41) is 3.48. The number of nitrogens with one attached hydrogen (secondary N) is 1. The van der Waals surface area contributed by atoms with E-state index in [0.29, 0.717) is 0 Å². The number of hydrogen-bond acceptors (Lipinski definition) is 3. The standard InChI is InChI=1S/C17H19NO2/c1-17(11-18-15-7-5-4-6-13(15)17)14-9-8-12(19-2)10-16(14)20-3/h4-10,18H,11H2,1-3H3. The maximum Gasteiger partial charge on any atom is 0.126 e. The van der Waals surface area contributed by atoms with Crippen LogP contribution in [0, 0.1) is 0 Å². The van der Waals surface area contributed by atoms with E-state index in [1.54, 1.807) is 14.2 Å². The smallest absolute Gasteiger partial charge is 0.126 e. The Labute approximate surface area is 119 Å². The van der Waals surface area contributed by atoms with Gasteiger partial charge >= 0.3 is 0 Å². The van der Waals surface area contributed by atoms with Crippen molar-refractivity contribution in [3.8, 4) is 11.5 Å². The molecule has 0 aromatic heterocycles. The molecule has 0 fully saturated rings. The van der Waals surface area contributed by atoms with Crippen LogP contribution in [0.2, 0.25) is 0 Å². The number of benzene rings is 2. The normalized spacial score (nSPS) is 20.1. The highest BCUT2D eigenvalue weighted by molar-refractivity contribution is 5.65. The monoisotopic (exact) mass is 269 g/mol. The lowest BCUT2D eigenvalue weighted by atomic mass is 9.77. The lowest BCUT2D eigenvalue weighted by molar-refractivity contribution is 0.385. The molecule has 0 saturated carbocycles. The van der Waals surface area contributed by atoms with Crippen LogP contribution in [0.4, 0.5) is 5.69 Å². The summed E-state index contributed by atoms with van der Waals surface area (Å²) in [5.41, 5.74) is 3.60. The summed E-state index contributed by atoms with van der Waals surface area (Å²) in [6.07, 6.45) is 0. The first-order chi connectivity index (χ1) is 9.69. The summed E-state index contributed by atoms with van der Waals surface area (Å²) in [6, 6.07) is 14.5. The van der Waals surface area contributed by atoms with E-state index in [2.05, 4.69) is 42.6 Å². The number of rotatable bonds is 3. The average Bonchev–Trinajstić information content (AvgIpc) is 2.85. The summed E-state index contributed by atoms with van der Waals surface area (Å²) >= 11 is 0. The van der Waals surface area contributed by atoms with Crippen LogP contribution in [0.15, 0.2) is 42.5 Å². The van der Waals surface area contributed by atoms with Gasteiger partial charge in [0.1, 0.15) is 11.5 Å². The Kier molecular flexibility index (Phi) is 3.05. The van der Waals surface area contributed by atoms with Crippen LogP contribution in [0.25, 0.3) is 0 Å². The fraction of sp³-hybridized carbons (Fsp3) is 0.294. The molecule has 104 valence electrons. The van der Waals surface area contributed by atoms with Gasteiger partial charge in [-0.15, -0.1) is 0 Å². The highest BCUT2D eigenvalue weighted by atomic mass is 16.5. The molecule has 0 bridgehead atoms. The van der Waals surface area contributed by atoms with Gasteiger partial charge in [-0.1, -0.05) is 24.3 Å². The highest BCUT2D eigenvalue weighted by Crippen LogP contribution is 2.45. The lowest BCUT2D eigenvalue weighted by Crippen LogP contribution is -2.26. The second-order valence-corrected chi connectivity index (χ2v) is 5.30. The number of ether oxygens (including phenoxy) is 2. The summed E-state index contributed by atoms with van der Waals surface area (Å²) in [6.45, 7) is 3.12. The maximum absolute atomic E-state index is 5.57. The molecule has 1 aliphatic heterocycles. The maximum atomic E-state index is 5.57. The SMILES string of the molecule is COc1ccc(C2(C)CNc3ccccc32)c(OC)c1. The molecule has 0 radical (unpaired) electrons. The highest BCUT2D eigenvalue weighted by Gasteiger charge is 2.37. The number of fused-ring (bicyclic) bond motifs is 1. The van der Waals surface area contributed by atoms with E-state index in [-0.39, 0.29) is 5.41 Å². The zero-order chi connectivity index (χ0) is 14.2. The Hall–Kier alpha value is -2.16. The van der Waals surface area contributed by atoms with Crippen LogP contribution in [-0.4, -0.2) is 20.8 Å². The number of anilines is 1. The van der Waals surface area contributed by atoms with Crippen molar-refractivity contribution in [2.75, 3.05) is 26.1 Å². The molecule has 1 N–H and O–H groups in total. The molecule has 3 rings (SSSR count). The van der Waals surface area contributed by atoms with Gasteiger partial charge in [-0.3, -0.25) is 0 Å². The van der Waals surface area contributed by atoms with Crippen molar-refractivity contribution in [1.82, 2.24) is 0 Å². The topological polar surface area (TPSA) is 30.5 Å². The van der Waals surface area contributed by atoms with Crippen molar-refractivity contribution >= 4 is 5.69 Å². The Morgan fingerprint density at radius 1 is 1.00 bits per heavy atom. The Morgan fingerprint density at radius 3 is 2.55 bits per heavy atom. The summed E-state index contributed by atoms with van der Waals surface area (Å²) in [7, 11) is 3.37. The van der Waals surface area contributed by atoms with Crippen molar-refractivity contribution in [1.29, 1.82) is 0 Å². The molecule has 1 heterocycles. The van der Waals surface area contributed by atoms with E-state index < -0.39 is 0 Å². The van der Waals surface area contributed by atoms with Crippen LogP contribution < -0.4 is 14.8 Å². The second-order valence-electron chi connectivity index (χ2n) is 5.30. The molecule has 0 amide bonds. The molecule has 2 aromatic rings. The van der Waals surface area contributed by atoms with Crippen LogP contribution in [0.3, 0.4) is 0 Å². The molecule has 0 saturated heterocycles. The predicted molar refractivity (Wildman–Crippen MR) is 80.9 cm³/mol. The average molecular weight is 269 g/mol. The van der Waals surface area contributed by atoms with Crippen LogP contribution in [0.5, 0.6) is 11.5 Å². The van der Waals surface area contributed by atoms with E-state index in [0.717, 1.165) is 18.0 Å². The first-order valence-electron chi connectivity index (χ1n) is 6.75. The molecule has 1 aliphatic rings. The molecule has 1 atom stereocenters. The molecule has 0 aliphatic carbocycles. The van der Waals surface area contributed by atoms with Crippen LogP contribution in [0.1, 0.15) is 18.1 Å². The van der Waals surface area contributed by atoms with E-state index in [9.17, 15) is 0 Å². The van der Waals surface area contributed by atoms with Gasteiger partial charge in [-0.25, -0.2) is 0 Å². The third-order valence-electron chi connectivity index (χ3n) is 4.16. The van der Waals surface area contributed by atoms with E-state index in [1.807, 2.05) is 12.1 Å². The molecule has 3 heteroatoms. The third kappa shape index (κ3) is 1.82. The van der Waals surface area contributed by atoms with Gasteiger partial charge < -0.3 is 14.8 Å². The molecule has 3 nitrogen and oxygen atoms in total. The van der Waals surface area contributed by atoms with Crippen LogP contribution in [-0.2, 0) is 5.41 Å². The quantitative estimate of drug-likeness (QED) is 0.926. The molecular formula is C17H19NO2. The fourth-order valence-electron chi connectivity index (χ4n) is 2.98. The van der Waals surface area contributed by atoms with Gasteiger partial charge in [0.25, 0.3) is 0 Å². The second kappa shape index (κ2) is 4.75. The van der Waals surface area contributed by atoms with Gasteiger partial charge in [0.15, 0.2) is 0 Å². The Balaban J connectivity index is 2.14. The lowest BCUT2D eigenvalue weighted by Gasteiger charge is -2.27. The van der Waals surface area contributed by atoms with Gasteiger partial charge in [0.05, 0.1) is 14.2 Å². The molecule has 20 heavy (non-hydrogen) atoms. The van der Waals surface area contributed by atoms with Gasteiger partial charge in [0, 0.05) is 29.3 Å². The first kappa shape index (κ1) is 12.9. The molecule has 1 unspecified atom stereocenters. The number of para-hydroxylation sites is 1. The van der Waals surface area contributed by atoms with Gasteiger partial charge in [0.2, 0.25) is 0 Å². The molecule has 2 aromatic carbocycles. The summed E-state index contributed by atoms with van der Waals surface area (Å²) in [4.78, 5) is 0. The van der Waals surface area contributed by atoms with Crippen molar-refractivity contribution < 1.29 is 9.47 Å². The van der Waals surface area contributed by atoms with Gasteiger partial charge in [-0.2, -0.15) is 0 Å². The minimum absolute atomic E-state index is 0.0891. The Morgan fingerprint density at radius 2 is 1.80 bits per heavy atom. The van der Waals surface area contributed by atoms with Crippen molar-refractivity contribution in [2.24, 2.45) is 0 Å². The van der Waals surface area contributed by atoms with E-state index in [1.165, 1.54) is 16.8 Å². The zero-order valence-corrected chi connectivity index (χ0v) is 12.1. The largest absolute Gasteiger partial charge is 0.497 e. The van der Waals surface area contributed by atoms with Gasteiger partial charge in [-0.05, 0) is 24.6 Å². The van der Waals surface area contributed by atoms with Crippen molar-refractivity contribution in [3.05, 3.63) is 53.6 Å². The van der Waals surface area contributed by atoms with Crippen molar-refractivity contribution in [3.63, 3.8) is 0 Å². The number of hydrogen-bond donors (Lipinski definition) is 1. The summed E-state index contributed by atoms with van der Waals surface area (Å²) < 4.78 is 10.9. The summed E-state index contributed by atoms with van der Waals surface area (Å²) in [5.74, 6) is 1.68. The zero-order valence-electron chi connectivity index (χ0n) is 12.1. The Bertz CT molecular complexity index is 639. The minimum Gasteiger partial charge on any atom is -0.497 e. The first-order valence-corrected chi connectivity index (χ1v) is 6.75. The predicted octanol–water partition coefficient (Wildman–Crippen LogP) is 3.44. The van der Waals surface area contributed by atoms with Crippen LogP contribution >= 0.6 is 0 Å². The number of methoxy groups -OCH3 is 2. The van der Waals surface area contributed by atoms with E-state index in [4.69, 9.17) is 9.47 Å².